The number of carboxylic acids is 1. The van der Waals surface area contributed by atoms with Gasteiger partial charge in [0, 0.05) is 44.8 Å². The van der Waals surface area contributed by atoms with Gasteiger partial charge in [0.05, 0.1) is 18.8 Å². The third-order valence-corrected chi connectivity index (χ3v) is 6.68. The Morgan fingerprint density at radius 3 is 2.31 bits per heavy atom. The van der Waals surface area contributed by atoms with Crippen LogP contribution in [-0.2, 0) is 20.8 Å². The van der Waals surface area contributed by atoms with Crippen molar-refractivity contribution in [2.24, 2.45) is 0 Å². The van der Waals surface area contributed by atoms with Crippen LogP contribution in [0, 0.1) is 0 Å². The zero-order valence-electron chi connectivity index (χ0n) is 22.3. The van der Waals surface area contributed by atoms with E-state index < -0.39 is 5.97 Å². The van der Waals surface area contributed by atoms with Crippen LogP contribution in [-0.4, -0.2) is 79.4 Å². The van der Waals surface area contributed by atoms with Gasteiger partial charge in [0.15, 0.2) is 6.61 Å². The van der Waals surface area contributed by atoms with E-state index >= 15 is 0 Å². The Morgan fingerprint density at radius 2 is 1.56 bits per heavy atom. The summed E-state index contributed by atoms with van der Waals surface area (Å²) in [6.07, 6.45) is -0.288. The second kappa shape index (κ2) is 14.4. The van der Waals surface area contributed by atoms with Crippen molar-refractivity contribution < 1.29 is 28.9 Å². The zero-order chi connectivity index (χ0) is 27.5. The van der Waals surface area contributed by atoms with E-state index in [9.17, 15) is 9.59 Å². The molecule has 8 heteroatoms. The van der Waals surface area contributed by atoms with Crippen LogP contribution in [0.3, 0.4) is 0 Å². The van der Waals surface area contributed by atoms with E-state index in [1.807, 2.05) is 72.8 Å². The Morgan fingerprint density at radius 1 is 0.872 bits per heavy atom. The number of hydrogen-bond acceptors (Lipinski definition) is 7. The molecule has 0 bridgehead atoms. The van der Waals surface area contributed by atoms with E-state index in [-0.39, 0.29) is 18.7 Å². The predicted octanol–water partition coefficient (Wildman–Crippen LogP) is 4.25. The molecule has 1 saturated heterocycles. The van der Waals surface area contributed by atoms with Crippen molar-refractivity contribution in [3.63, 3.8) is 0 Å². The lowest BCUT2D eigenvalue weighted by molar-refractivity contribution is -0.139. The van der Waals surface area contributed by atoms with E-state index in [4.69, 9.17) is 19.3 Å². The third kappa shape index (κ3) is 8.38. The van der Waals surface area contributed by atoms with Crippen LogP contribution in [0.15, 0.2) is 78.9 Å². The summed E-state index contributed by atoms with van der Waals surface area (Å²) in [6.45, 7) is 7.48. The first-order valence-electron chi connectivity index (χ1n) is 13.3. The number of aliphatic carboxylic acids is 1. The van der Waals surface area contributed by atoms with Crippen molar-refractivity contribution in [3.05, 3.63) is 101 Å². The Labute approximate surface area is 229 Å². The van der Waals surface area contributed by atoms with Gasteiger partial charge in [-0.2, -0.15) is 0 Å². The minimum atomic E-state index is -0.984. The first-order chi connectivity index (χ1) is 19.0. The van der Waals surface area contributed by atoms with Gasteiger partial charge in [-0.25, -0.2) is 9.59 Å². The number of carboxylic acid groups (broad SMARTS) is 1. The summed E-state index contributed by atoms with van der Waals surface area (Å²) >= 11 is 0. The van der Waals surface area contributed by atoms with Gasteiger partial charge in [-0.1, -0.05) is 60.7 Å². The number of rotatable bonds is 13. The van der Waals surface area contributed by atoms with E-state index in [1.165, 1.54) is 0 Å². The highest BCUT2D eigenvalue weighted by molar-refractivity contribution is 5.89. The fourth-order valence-corrected chi connectivity index (χ4v) is 4.68. The Bertz CT molecular complexity index is 1210. The molecule has 4 rings (SSSR count). The summed E-state index contributed by atoms with van der Waals surface area (Å²) in [5, 5.41) is 8.93. The van der Waals surface area contributed by atoms with Crippen LogP contribution in [0.25, 0.3) is 0 Å². The fraction of sp³-hybridized carbons (Fsp3) is 0.355. The molecular weight excluding hydrogens is 496 g/mol. The molecule has 1 aliphatic heterocycles. The molecule has 8 nitrogen and oxygen atoms in total. The maximum atomic E-state index is 12.3. The highest BCUT2D eigenvalue weighted by Gasteiger charge is 2.21. The summed E-state index contributed by atoms with van der Waals surface area (Å²) < 4.78 is 17.1. The molecule has 206 valence electrons. The average Bonchev–Trinajstić information content (AvgIpc) is 2.96. The normalized spacial score (nSPS) is 15.0. The number of carbonyl (C=O) groups is 2. The van der Waals surface area contributed by atoms with Crippen molar-refractivity contribution >= 4 is 11.9 Å². The molecule has 0 spiro atoms. The first-order valence-corrected chi connectivity index (χ1v) is 13.3. The molecule has 1 atom stereocenters. The molecule has 0 saturated carbocycles. The number of nitrogens with zero attached hydrogens (tertiary/aromatic N) is 2. The first kappa shape index (κ1) is 28.3. The van der Waals surface area contributed by atoms with Crippen molar-refractivity contribution in [3.8, 4) is 5.75 Å². The molecular formula is C31H36N2O6. The van der Waals surface area contributed by atoms with Crippen LogP contribution in [0.5, 0.6) is 5.75 Å². The van der Waals surface area contributed by atoms with Crippen LogP contribution in [0.1, 0.15) is 40.1 Å². The predicted molar refractivity (Wildman–Crippen MR) is 148 cm³/mol. The van der Waals surface area contributed by atoms with Crippen LogP contribution >= 0.6 is 0 Å². The standard InChI is InChI=1S/C31H36N2O6/c1-2-37-31(36)26-13-8-12-25(21-26)30(24-9-4-3-5-10-24)38-20-19-32-15-17-33(18-16-32)22-27-11-6-7-14-28(27)39-23-29(34)35/h3-14,21,30H,2,15-20,22-23H2,1H3,(H,34,35). The van der Waals surface area contributed by atoms with E-state index in [2.05, 4.69) is 9.80 Å². The van der Waals surface area contributed by atoms with Crippen molar-refractivity contribution in [1.82, 2.24) is 9.80 Å². The highest BCUT2D eigenvalue weighted by Crippen LogP contribution is 2.27. The van der Waals surface area contributed by atoms with Gasteiger partial charge >= 0.3 is 11.9 Å². The summed E-state index contributed by atoms with van der Waals surface area (Å²) in [6, 6.07) is 25.1. The van der Waals surface area contributed by atoms with Gasteiger partial charge in [0.25, 0.3) is 0 Å². The van der Waals surface area contributed by atoms with Crippen molar-refractivity contribution in [2.45, 2.75) is 19.6 Å². The monoisotopic (exact) mass is 532 g/mol. The molecule has 1 aliphatic rings. The van der Waals surface area contributed by atoms with Crippen LogP contribution < -0.4 is 4.74 Å². The van der Waals surface area contributed by atoms with Crippen LogP contribution in [0.2, 0.25) is 0 Å². The molecule has 39 heavy (non-hydrogen) atoms. The lowest BCUT2D eigenvalue weighted by atomic mass is 9.99. The Hall–Kier alpha value is -3.72. The van der Waals surface area contributed by atoms with Crippen LogP contribution in [0.4, 0.5) is 0 Å². The molecule has 0 aliphatic carbocycles. The molecule has 0 radical (unpaired) electrons. The Kier molecular flexibility index (Phi) is 10.5. The van der Waals surface area contributed by atoms with Gasteiger partial charge < -0.3 is 19.3 Å². The summed E-state index contributed by atoms with van der Waals surface area (Å²) in [4.78, 5) is 27.9. The maximum Gasteiger partial charge on any atom is 0.341 e. The molecule has 1 N–H and O–H groups in total. The number of hydrogen-bond donors (Lipinski definition) is 1. The summed E-state index contributed by atoms with van der Waals surface area (Å²) in [5.74, 6) is -0.698. The van der Waals surface area contributed by atoms with Crippen molar-refractivity contribution in [2.75, 3.05) is 52.5 Å². The summed E-state index contributed by atoms with van der Waals surface area (Å²) in [5.41, 5.74) is 3.46. The number of para-hydroxylation sites is 1. The third-order valence-electron chi connectivity index (χ3n) is 6.68. The van der Waals surface area contributed by atoms with Gasteiger partial charge in [-0.05, 0) is 36.2 Å². The largest absolute Gasteiger partial charge is 0.482 e. The lowest BCUT2D eigenvalue weighted by Crippen LogP contribution is -2.46. The Balaban J connectivity index is 1.31. The molecule has 0 aromatic heterocycles. The van der Waals surface area contributed by atoms with Gasteiger partial charge in [-0.3, -0.25) is 9.80 Å². The smallest absolute Gasteiger partial charge is 0.341 e. The topological polar surface area (TPSA) is 88.5 Å². The second-order valence-corrected chi connectivity index (χ2v) is 9.42. The number of esters is 1. The van der Waals surface area contributed by atoms with Crippen molar-refractivity contribution in [1.29, 1.82) is 0 Å². The quantitative estimate of drug-likeness (QED) is 0.327. The maximum absolute atomic E-state index is 12.3. The SMILES string of the molecule is CCOC(=O)c1cccc(C(OCCN2CCN(Cc3ccccc3OCC(=O)O)CC2)c2ccccc2)c1. The van der Waals surface area contributed by atoms with Gasteiger partial charge in [0.2, 0.25) is 0 Å². The molecule has 1 fully saturated rings. The van der Waals surface area contributed by atoms with E-state index in [0.29, 0.717) is 31.1 Å². The number of ether oxygens (including phenoxy) is 3. The molecule has 3 aromatic carbocycles. The molecule has 3 aromatic rings. The summed E-state index contributed by atoms with van der Waals surface area (Å²) in [7, 11) is 0. The van der Waals surface area contributed by atoms with E-state index in [0.717, 1.165) is 49.4 Å². The number of piperazine rings is 1. The molecule has 1 heterocycles. The van der Waals surface area contributed by atoms with E-state index in [1.54, 1.807) is 13.0 Å². The fourth-order valence-electron chi connectivity index (χ4n) is 4.68. The van der Waals surface area contributed by atoms with Gasteiger partial charge in [0.1, 0.15) is 11.9 Å². The molecule has 1 unspecified atom stereocenters. The second-order valence-electron chi connectivity index (χ2n) is 9.42. The molecule has 0 amide bonds. The average molecular weight is 533 g/mol. The number of carbonyl (C=O) groups excluding carboxylic acids is 1. The minimum absolute atomic E-state index is 0.288. The zero-order valence-corrected chi connectivity index (χ0v) is 22.3. The minimum Gasteiger partial charge on any atom is -0.482 e. The lowest BCUT2D eigenvalue weighted by Gasteiger charge is -2.35. The highest BCUT2D eigenvalue weighted by atomic mass is 16.5. The van der Waals surface area contributed by atoms with Gasteiger partial charge in [-0.15, -0.1) is 0 Å². The number of benzene rings is 3.